The number of thioether (sulfide) groups is 1. The van der Waals surface area contributed by atoms with Crippen LogP contribution < -0.4 is 5.32 Å². The number of hydrogen-bond acceptors (Lipinski definition) is 2. The van der Waals surface area contributed by atoms with Gasteiger partial charge in [-0.25, -0.2) is 0 Å². The Morgan fingerprint density at radius 3 is 2.75 bits per heavy atom. The summed E-state index contributed by atoms with van der Waals surface area (Å²) < 4.78 is 0. The largest absolute Gasteiger partial charge is 0.316 e. The van der Waals surface area contributed by atoms with Crippen LogP contribution >= 0.6 is 24.2 Å². The van der Waals surface area contributed by atoms with Crippen molar-refractivity contribution in [2.45, 2.75) is 18.6 Å². The van der Waals surface area contributed by atoms with E-state index < -0.39 is 0 Å². The van der Waals surface area contributed by atoms with Crippen molar-refractivity contribution in [2.24, 2.45) is 5.92 Å². The molecule has 1 heterocycles. The number of rotatable bonds is 4. The van der Waals surface area contributed by atoms with E-state index in [0.717, 1.165) is 11.7 Å². The maximum Gasteiger partial charge on any atom is 0.0184 e. The minimum absolute atomic E-state index is 0. The van der Waals surface area contributed by atoms with Crippen molar-refractivity contribution in [1.82, 2.24) is 5.32 Å². The van der Waals surface area contributed by atoms with Crippen molar-refractivity contribution in [3.8, 4) is 0 Å². The molecule has 1 nitrogen and oxygen atoms in total. The van der Waals surface area contributed by atoms with Gasteiger partial charge in [0.1, 0.15) is 0 Å². The van der Waals surface area contributed by atoms with Crippen molar-refractivity contribution in [1.29, 1.82) is 0 Å². The van der Waals surface area contributed by atoms with Crippen molar-refractivity contribution < 1.29 is 0 Å². The third-order valence-electron chi connectivity index (χ3n) is 2.86. The molecular weight excluding hydrogens is 238 g/mol. The van der Waals surface area contributed by atoms with Gasteiger partial charge < -0.3 is 5.32 Å². The van der Waals surface area contributed by atoms with E-state index in [1.54, 1.807) is 0 Å². The zero-order chi connectivity index (χ0) is 10.3. The second kappa shape index (κ2) is 7.99. The quantitative estimate of drug-likeness (QED) is 0.888. The van der Waals surface area contributed by atoms with E-state index in [1.807, 2.05) is 0 Å². The third kappa shape index (κ3) is 4.77. The Labute approximate surface area is 109 Å². The standard InChI is InChI=1S/C13H19NS.ClH/c1-2-5-12(6-3-1)10-15-11-13-7-4-8-14-9-13;/h1-3,5-6,13-14H,4,7-11H2;1H. The zero-order valence-corrected chi connectivity index (χ0v) is 11.2. The number of nitrogens with one attached hydrogen (secondary N) is 1. The molecule has 1 aliphatic rings. The Hall–Kier alpha value is -0.180. The van der Waals surface area contributed by atoms with Gasteiger partial charge in [0.25, 0.3) is 0 Å². The summed E-state index contributed by atoms with van der Waals surface area (Å²) in [4.78, 5) is 0. The average molecular weight is 258 g/mol. The molecule has 0 spiro atoms. The highest BCUT2D eigenvalue weighted by atomic mass is 35.5. The van der Waals surface area contributed by atoms with Crippen LogP contribution in [0.25, 0.3) is 0 Å². The molecule has 16 heavy (non-hydrogen) atoms. The van der Waals surface area contributed by atoms with E-state index in [2.05, 4.69) is 47.4 Å². The molecule has 1 fully saturated rings. The maximum atomic E-state index is 3.47. The van der Waals surface area contributed by atoms with E-state index >= 15 is 0 Å². The van der Waals surface area contributed by atoms with Crippen molar-refractivity contribution in [3.63, 3.8) is 0 Å². The molecule has 90 valence electrons. The van der Waals surface area contributed by atoms with Crippen LogP contribution in [-0.4, -0.2) is 18.8 Å². The Bertz CT molecular complexity index is 273. The van der Waals surface area contributed by atoms with Crippen LogP contribution in [0.15, 0.2) is 30.3 Å². The average Bonchev–Trinajstić information content (AvgIpc) is 2.32. The fourth-order valence-electron chi connectivity index (χ4n) is 1.98. The summed E-state index contributed by atoms with van der Waals surface area (Å²) in [5, 5.41) is 3.47. The second-order valence-corrected chi connectivity index (χ2v) is 5.24. The van der Waals surface area contributed by atoms with Crippen molar-refractivity contribution in [2.75, 3.05) is 18.8 Å². The second-order valence-electron chi connectivity index (χ2n) is 4.21. The van der Waals surface area contributed by atoms with Crippen molar-refractivity contribution >= 4 is 24.2 Å². The summed E-state index contributed by atoms with van der Waals surface area (Å²) in [7, 11) is 0. The molecule has 0 radical (unpaired) electrons. The lowest BCUT2D eigenvalue weighted by atomic mass is 10.0. The molecule has 0 aromatic heterocycles. The van der Waals surface area contributed by atoms with E-state index in [4.69, 9.17) is 0 Å². The first-order chi connectivity index (χ1) is 7.45. The molecule has 0 aliphatic carbocycles. The predicted octanol–water partition coefficient (Wildman–Crippen LogP) is 3.34. The molecule has 1 aromatic carbocycles. The van der Waals surface area contributed by atoms with Gasteiger partial charge in [0.15, 0.2) is 0 Å². The Kier molecular flexibility index (Phi) is 6.93. The van der Waals surface area contributed by atoms with E-state index in [-0.39, 0.29) is 12.4 Å². The van der Waals surface area contributed by atoms with Crippen LogP contribution in [0.4, 0.5) is 0 Å². The van der Waals surface area contributed by atoms with Crippen LogP contribution in [0.3, 0.4) is 0 Å². The Morgan fingerprint density at radius 2 is 2.06 bits per heavy atom. The first-order valence-electron chi connectivity index (χ1n) is 5.77. The highest BCUT2D eigenvalue weighted by molar-refractivity contribution is 7.98. The number of piperidine rings is 1. The summed E-state index contributed by atoms with van der Waals surface area (Å²) in [5.41, 5.74) is 1.45. The number of benzene rings is 1. The van der Waals surface area contributed by atoms with Gasteiger partial charge in [-0.15, -0.1) is 12.4 Å². The minimum Gasteiger partial charge on any atom is -0.316 e. The molecule has 1 unspecified atom stereocenters. The molecule has 1 aliphatic heterocycles. The molecule has 1 aromatic rings. The molecule has 1 atom stereocenters. The molecule has 2 rings (SSSR count). The van der Waals surface area contributed by atoms with Crippen molar-refractivity contribution in [3.05, 3.63) is 35.9 Å². The van der Waals surface area contributed by atoms with E-state index in [9.17, 15) is 0 Å². The highest BCUT2D eigenvalue weighted by Gasteiger charge is 2.12. The predicted molar refractivity (Wildman–Crippen MR) is 75.4 cm³/mol. The Balaban J connectivity index is 0.00000128. The maximum absolute atomic E-state index is 3.47. The van der Waals surface area contributed by atoms with Gasteiger partial charge in [-0.1, -0.05) is 30.3 Å². The third-order valence-corrected chi connectivity index (χ3v) is 4.11. The van der Waals surface area contributed by atoms with Gasteiger partial charge in [0, 0.05) is 5.75 Å². The molecular formula is C13H20ClNS. The minimum atomic E-state index is 0. The smallest absolute Gasteiger partial charge is 0.0184 e. The number of hydrogen-bond donors (Lipinski definition) is 1. The molecule has 3 heteroatoms. The summed E-state index contributed by atoms with van der Waals surface area (Å²) >= 11 is 2.07. The number of halogens is 1. The van der Waals surface area contributed by atoms with E-state index in [1.165, 1.54) is 37.2 Å². The van der Waals surface area contributed by atoms with Gasteiger partial charge in [-0.05, 0) is 43.2 Å². The van der Waals surface area contributed by atoms with Gasteiger partial charge in [0.05, 0.1) is 0 Å². The van der Waals surface area contributed by atoms with Gasteiger partial charge in [0.2, 0.25) is 0 Å². The zero-order valence-electron chi connectivity index (χ0n) is 9.52. The molecule has 0 saturated carbocycles. The van der Waals surface area contributed by atoms with Gasteiger partial charge in [-0.3, -0.25) is 0 Å². The molecule has 0 bridgehead atoms. The van der Waals surface area contributed by atoms with Crippen LogP contribution in [0.5, 0.6) is 0 Å². The first-order valence-corrected chi connectivity index (χ1v) is 6.93. The molecule has 1 saturated heterocycles. The van der Waals surface area contributed by atoms with Gasteiger partial charge in [-0.2, -0.15) is 11.8 Å². The summed E-state index contributed by atoms with van der Waals surface area (Å²) in [5.74, 6) is 3.37. The van der Waals surface area contributed by atoms with Crippen LogP contribution in [0.2, 0.25) is 0 Å². The lowest BCUT2D eigenvalue weighted by Crippen LogP contribution is -2.30. The normalized spacial score (nSPS) is 20.1. The van der Waals surface area contributed by atoms with Gasteiger partial charge >= 0.3 is 0 Å². The lowest BCUT2D eigenvalue weighted by molar-refractivity contribution is 0.410. The summed E-state index contributed by atoms with van der Waals surface area (Å²) in [6.45, 7) is 2.45. The molecule has 0 amide bonds. The highest BCUT2D eigenvalue weighted by Crippen LogP contribution is 2.19. The molecule has 1 N–H and O–H groups in total. The SMILES string of the molecule is Cl.c1ccc(CSCC2CCCNC2)cc1. The summed E-state index contributed by atoms with van der Waals surface area (Å²) in [6, 6.07) is 10.8. The van der Waals surface area contributed by atoms with Crippen LogP contribution in [0.1, 0.15) is 18.4 Å². The van der Waals surface area contributed by atoms with E-state index in [0.29, 0.717) is 0 Å². The topological polar surface area (TPSA) is 12.0 Å². The fourth-order valence-corrected chi connectivity index (χ4v) is 3.15. The Morgan fingerprint density at radius 1 is 1.25 bits per heavy atom. The van der Waals surface area contributed by atoms with Crippen LogP contribution in [-0.2, 0) is 5.75 Å². The summed E-state index contributed by atoms with van der Waals surface area (Å²) in [6.07, 6.45) is 2.77. The van der Waals surface area contributed by atoms with Crippen LogP contribution in [0, 0.1) is 5.92 Å². The first kappa shape index (κ1) is 13.9. The lowest BCUT2D eigenvalue weighted by Gasteiger charge is -2.22. The fraction of sp³-hybridized carbons (Fsp3) is 0.538. The monoisotopic (exact) mass is 257 g/mol.